The molecule has 0 bridgehead atoms. The summed E-state index contributed by atoms with van der Waals surface area (Å²) in [5.74, 6) is 0. The third-order valence-corrected chi connectivity index (χ3v) is 4.88. The molecule has 0 radical (unpaired) electrons. The van der Waals surface area contributed by atoms with Gasteiger partial charge in [-0.25, -0.2) is 0 Å². The van der Waals surface area contributed by atoms with E-state index in [1.165, 1.54) is 43.9 Å². The Labute approximate surface area is 138 Å². The monoisotopic (exact) mass is 336 g/mol. The number of hydrogen-bond acceptors (Lipinski definition) is 6. The van der Waals surface area contributed by atoms with E-state index in [0.717, 1.165) is 18.8 Å². The Morgan fingerprint density at radius 3 is 2.91 bits per heavy atom. The molecule has 2 aromatic heterocycles. The van der Waals surface area contributed by atoms with Crippen LogP contribution in [-0.4, -0.2) is 38.7 Å². The number of anilines is 2. The fourth-order valence-corrected chi connectivity index (χ4v) is 3.52. The molecule has 0 aliphatic carbocycles. The maximum absolute atomic E-state index is 9.07. The second-order valence-electron chi connectivity index (χ2n) is 5.31. The van der Waals surface area contributed by atoms with Crippen LogP contribution in [0.4, 0.5) is 10.7 Å². The van der Waals surface area contributed by atoms with Crippen molar-refractivity contribution in [2.24, 2.45) is 0 Å². The molecular formula is C14H17ClN6S. The van der Waals surface area contributed by atoms with Crippen molar-refractivity contribution >= 4 is 33.8 Å². The fraction of sp³-hybridized carbons (Fsp3) is 0.500. The Kier molecular flexibility index (Phi) is 4.93. The van der Waals surface area contributed by atoms with Crippen molar-refractivity contribution in [3.8, 4) is 6.07 Å². The number of nitriles is 1. The minimum Gasteiger partial charge on any atom is -0.342 e. The number of piperidine rings is 1. The molecule has 1 fully saturated rings. The van der Waals surface area contributed by atoms with Gasteiger partial charge in [-0.2, -0.15) is 14.7 Å². The molecule has 1 aliphatic rings. The van der Waals surface area contributed by atoms with E-state index in [2.05, 4.69) is 25.8 Å². The van der Waals surface area contributed by atoms with Crippen LogP contribution in [0.1, 0.15) is 24.8 Å². The molecule has 0 atom stereocenters. The van der Waals surface area contributed by atoms with Crippen molar-refractivity contribution in [2.75, 3.05) is 25.0 Å². The van der Waals surface area contributed by atoms with E-state index in [-0.39, 0.29) is 5.15 Å². The summed E-state index contributed by atoms with van der Waals surface area (Å²) < 4.78 is 5.90. The van der Waals surface area contributed by atoms with Crippen molar-refractivity contribution in [1.29, 1.82) is 5.26 Å². The van der Waals surface area contributed by atoms with Crippen molar-refractivity contribution in [2.45, 2.75) is 25.8 Å². The third-order valence-electron chi connectivity index (χ3n) is 3.75. The van der Waals surface area contributed by atoms with E-state index in [1.54, 1.807) is 6.20 Å². The van der Waals surface area contributed by atoms with Gasteiger partial charge in [-0.15, -0.1) is 0 Å². The van der Waals surface area contributed by atoms with Gasteiger partial charge in [0.2, 0.25) is 0 Å². The zero-order chi connectivity index (χ0) is 15.4. The average molecular weight is 337 g/mol. The second kappa shape index (κ2) is 7.09. The minimum absolute atomic E-state index is 0.243. The Hall–Kier alpha value is -1.62. The van der Waals surface area contributed by atoms with Gasteiger partial charge < -0.3 is 10.2 Å². The van der Waals surface area contributed by atoms with Crippen LogP contribution in [-0.2, 0) is 6.54 Å². The molecule has 1 N–H and O–H groups in total. The lowest BCUT2D eigenvalue weighted by Gasteiger charge is -2.26. The number of rotatable bonds is 5. The van der Waals surface area contributed by atoms with Gasteiger partial charge in [0, 0.05) is 12.7 Å². The number of likely N-dealkylation sites (tertiary alicyclic amines) is 1. The largest absolute Gasteiger partial charge is 0.342 e. The van der Waals surface area contributed by atoms with E-state index >= 15 is 0 Å². The van der Waals surface area contributed by atoms with E-state index in [0.29, 0.717) is 10.6 Å². The second-order valence-corrected chi connectivity index (χ2v) is 6.44. The number of hydrogen-bond donors (Lipinski definition) is 1. The summed E-state index contributed by atoms with van der Waals surface area (Å²) in [4.78, 5) is 2.48. The lowest BCUT2D eigenvalue weighted by Crippen LogP contribution is -2.32. The first kappa shape index (κ1) is 15.3. The molecule has 0 unspecified atom stereocenters. The van der Waals surface area contributed by atoms with Gasteiger partial charge in [0.25, 0.3) is 0 Å². The lowest BCUT2D eigenvalue weighted by atomic mass is 10.1. The Morgan fingerprint density at radius 2 is 2.14 bits per heavy atom. The highest BCUT2D eigenvalue weighted by molar-refractivity contribution is 7.10. The molecule has 3 rings (SSSR count). The summed E-state index contributed by atoms with van der Waals surface area (Å²) in [5.41, 5.74) is 1.23. The Morgan fingerprint density at radius 1 is 1.32 bits per heavy atom. The molecule has 116 valence electrons. The van der Waals surface area contributed by atoms with Crippen LogP contribution in [0.15, 0.2) is 12.4 Å². The van der Waals surface area contributed by atoms with Crippen LogP contribution >= 0.6 is 23.1 Å². The summed E-state index contributed by atoms with van der Waals surface area (Å²) in [6.07, 6.45) is 7.65. The highest BCUT2D eigenvalue weighted by atomic mass is 35.5. The van der Waals surface area contributed by atoms with Crippen LogP contribution in [0.25, 0.3) is 0 Å². The van der Waals surface area contributed by atoms with Gasteiger partial charge in [-0.05, 0) is 37.5 Å². The van der Waals surface area contributed by atoms with Gasteiger partial charge in [0.1, 0.15) is 16.6 Å². The van der Waals surface area contributed by atoms with Gasteiger partial charge >= 0.3 is 0 Å². The molecule has 6 nitrogen and oxygen atoms in total. The van der Waals surface area contributed by atoms with Crippen molar-refractivity contribution in [1.82, 2.24) is 19.1 Å². The summed E-state index contributed by atoms with van der Waals surface area (Å²) in [6.45, 7) is 4.28. The SMILES string of the molecule is N#Cc1c(Cl)nsc1Nc1cnn(CCN2CCCCC2)c1. The maximum atomic E-state index is 9.07. The average Bonchev–Trinajstić information content (AvgIpc) is 3.13. The maximum Gasteiger partial charge on any atom is 0.162 e. The first-order valence-corrected chi connectivity index (χ1v) is 8.48. The van der Waals surface area contributed by atoms with Gasteiger partial charge in [0.05, 0.1) is 18.4 Å². The minimum atomic E-state index is 0.243. The smallest absolute Gasteiger partial charge is 0.162 e. The Balaban J connectivity index is 1.58. The fourth-order valence-electron chi connectivity index (χ4n) is 2.56. The van der Waals surface area contributed by atoms with Crippen molar-refractivity contribution in [3.05, 3.63) is 23.1 Å². The van der Waals surface area contributed by atoms with Crippen molar-refractivity contribution < 1.29 is 0 Å². The molecule has 1 aliphatic heterocycles. The number of aromatic nitrogens is 3. The van der Waals surface area contributed by atoms with E-state index in [4.69, 9.17) is 16.9 Å². The lowest BCUT2D eigenvalue weighted by molar-refractivity contribution is 0.218. The Bertz CT molecular complexity index is 667. The van der Waals surface area contributed by atoms with Crippen molar-refractivity contribution in [3.63, 3.8) is 0 Å². The molecular weight excluding hydrogens is 320 g/mol. The van der Waals surface area contributed by atoms with Crippen LogP contribution in [0.5, 0.6) is 0 Å². The summed E-state index contributed by atoms with van der Waals surface area (Å²) >= 11 is 7.04. The third kappa shape index (κ3) is 3.58. The summed E-state index contributed by atoms with van der Waals surface area (Å²) in [5, 5.41) is 17.5. The highest BCUT2D eigenvalue weighted by Crippen LogP contribution is 2.30. The highest BCUT2D eigenvalue weighted by Gasteiger charge is 2.13. The summed E-state index contributed by atoms with van der Waals surface area (Å²) in [7, 11) is 0. The molecule has 1 saturated heterocycles. The summed E-state index contributed by atoms with van der Waals surface area (Å²) in [6, 6.07) is 2.06. The molecule has 22 heavy (non-hydrogen) atoms. The number of nitrogens with one attached hydrogen (secondary N) is 1. The van der Waals surface area contributed by atoms with Gasteiger partial charge in [-0.3, -0.25) is 4.68 Å². The molecule has 0 aromatic carbocycles. The topological polar surface area (TPSA) is 69.8 Å². The predicted octanol–water partition coefficient (Wildman–Crippen LogP) is 3.09. The molecule has 0 amide bonds. The first-order valence-electron chi connectivity index (χ1n) is 7.33. The van der Waals surface area contributed by atoms with Crippen LogP contribution in [0, 0.1) is 11.3 Å². The first-order chi connectivity index (χ1) is 10.8. The zero-order valence-electron chi connectivity index (χ0n) is 12.1. The quantitative estimate of drug-likeness (QED) is 0.908. The zero-order valence-corrected chi connectivity index (χ0v) is 13.7. The number of halogens is 1. The molecule has 3 heterocycles. The number of nitrogens with zero attached hydrogens (tertiary/aromatic N) is 5. The van der Waals surface area contributed by atoms with Crippen LogP contribution in [0.3, 0.4) is 0 Å². The van der Waals surface area contributed by atoms with Gasteiger partial charge in [-0.1, -0.05) is 18.0 Å². The van der Waals surface area contributed by atoms with E-state index < -0.39 is 0 Å². The van der Waals surface area contributed by atoms with E-state index in [1.807, 2.05) is 10.9 Å². The van der Waals surface area contributed by atoms with Crippen LogP contribution < -0.4 is 5.32 Å². The molecule has 2 aromatic rings. The van der Waals surface area contributed by atoms with E-state index in [9.17, 15) is 0 Å². The molecule has 0 spiro atoms. The standard InChI is InChI=1S/C14H17ClN6S/c15-13-12(8-16)14(22-19-13)18-11-9-17-21(10-11)7-6-20-4-2-1-3-5-20/h9-10,18H,1-7H2. The molecule has 0 saturated carbocycles. The predicted molar refractivity (Wildman–Crippen MR) is 87.6 cm³/mol. The van der Waals surface area contributed by atoms with Gasteiger partial charge in [0.15, 0.2) is 5.15 Å². The normalized spacial score (nSPS) is 15.6. The molecule has 8 heteroatoms. The van der Waals surface area contributed by atoms with Crippen LogP contribution in [0.2, 0.25) is 5.15 Å².